The molecule has 0 saturated carbocycles. The largest absolute Gasteiger partial charge is 0.311 e. The van der Waals surface area contributed by atoms with Gasteiger partial charge in [0.05, 0.1) is 0 Å². The molecule has 0 unspecified atom stereocenters. The Balaban J connectivity index is 1.60. The molecule has 0 bridgehead atoms. The van der Waals surface area contributed by atoms with Crippen molar-refractivity contribution in [3.63, 3.8) is 0 Å². The molecule has 2 aliphatic rings. The SMILES string of the molecule is C=C(CNC(C)C)CN1CCC(CN2CCCC2)CC1. The average molecular weight is 279 g/mol. The summed E-state index contributed by atoms with van der Waals surface area (Å²) in [5, 5.41) is 3.46. The lowest BCUT2D eigenvalue weighted by atomic mass is 9.96. The molecule has 0 amide bonds. The predicted molar refractivity (Wildman–Crippen MR) is 87.1 cm³/mol. The molecular formula is C17H33N3. The van der Waals surface area contributed by atoms with E-state index >= 15 is 0 Å². The van der Waals surface area contributed by atoms with Crippen LogP contribution < -0.4 is 5.32 Å². The maximum Gasteiger partial charge on any atom is 0.0202 e. The van der Waals surface area contributed by atoms with Gasteiger partial charge in [-0.3, -0.25) is 4.90 Å². The van der Waals surface area contributed by atoms with Crippen LogP contribution in [0.25, 0.3) is 0 Å². The zero-order valence-electron chi connectivity index (χ0n) is 13.5. The maximum absolute atomic E-state index is 4.21. The lowest BCUT2D eigenvalue weighted by Crippen LogP contribution is -2.39. The van der Waals surface area contributed by atoms with Crippen molar-refractivity contribution in [1.82, 2.24) is 15.1 Å². The molecule has 116 valence electrons. The van der Waals surface area contributed by atoms with Gasteiger partial charge in [-0.2, -0.15) is 0 Å². The topological polar surface area (TPSA) is 18.5 Å². The van der Waals surface area contributed by atoms with Crippen LogP contribution in [0, 0.1) is 5.92 Å². The van der Waals surface area contributed by atoms with Crippen LogP contribution in [0.4, 0.5) is 0 Å². The molecule has 0 aromatic rings. The Labute approximate surface area is 125 Å². The Morgan fingerprint density at radius 3 is 2.35 bits per heavy atom. The zero-order chi connectivity index (χ0) is 14.4. The van der Waals surface area contributed by atoms with Gasteiger partial charge in [0.15, 0.2) is 0 Å². The molecule has 1 N–H and O–H groups in total. The summed E-state index contributed by atoms with van der Waals surface area (Å²) in [6.07, 6.45) is 5.59. The fourth-order valence-electron chi connectivity index (χ4n) is 3.38. The summed E-state index contributed by atoms with van der Waals surface area (Å²) in [5.74, 6) is 0.936. The summed E-state index contributed by atoms with van der Waals surface area (Å²) in [4.78, 5) is 5.26. The van der Waals surface area contributed by atoms with E-state index < -0.39 is 0 Å². The van der Waals surface area contributed by atoms with E-state index in [4.69, 9.17) is 0 Å². The van der Waals surface area contributed by atoms with Crippen LogP contribution >= 0.6 is 0 Å². The van der Waals surface area contributed by atoms with Crippen LogP contribution in [0.2, 0.25) is 0 Å². The van der Waals surface area contributed by atoms with Gasteiger partial charge in [0.1, 0.15) is 0 Å². The second kappa shape index (κ2) is 8.16. The Morgan fingerprint density at radius 2 is 1.75 bits per heavy atom. The van der Waals surface area contributed by atoms with Crippen molar-refractivity contribution < 1.29 is 0 Å². The van der Waals surface area contributed by atoms with Crippen molar-refractivity contribution in [2.75, 3.05) is 45.8 Å². The number of nitrogens with zero attached hydrogens (tertiary/aromatic N) is 2. The Hall–Kier alpha value is -0.380. The minimum atomic E-state index is 0.554. The fourth-order valence-corrected chi connectivity index (χ4v) is 3.38. The number of hydrogen-bond acceptors (Lipinski definition) is 3. The van der Waals surface area contributed by atoms with Gasteiger partial charge in [0.2, 0.25) is 0 Å². The van der Waals surface area contributed by atoms with Crippen LogP contribution in [0.1, 0.15) is 39.5 Å². The zero-order valence-corrected chi connectivity index (χ0v) is 13.5. The van der Waals surface area contributed by atoms with Gasteiger partial charge < -0.3 is 10.2 Å². The van der Waals surface area contributed by atoms with Crippen molar-refractivity contribution in [1.29, 1.82) is 0 Å². The Morgan fingerprint density at radius 1 is 1.10 bits per heavy atom. The summed E-state index contributed by atoms with van der Waals surface area (Å²) in [6.45, 7) is 17.2. The molecule has 0 atom stereocenters. The van der Waals surface area contributed by atoms with Gasteiger partial charge in [-0.1, -0.05) is 20.4 Å². The summed E-state index contributed by atoms with van der Waals surface area (Å²) in [6, 6.07) is 0.554. The van der Waals surface area contributed by atoms with E-state index in [0.717, 1.165) is 19.0 Å². The average Bonchev–Trinajstić information content (AvgIpc) is 2.92. The minimum absolute atomic E-state index is 0.554. The molecule has 0 spiro atoms. The minimum Gasteiger partial charge on any atom is -0.311 e. The fraction of sp³-hybridized carbons (Fsp3) is 0.882. The number of nitrogens with one attached hydrogen (secondary N) is 1. The number of hydrogen-bond donors (Lipinski definition) is 1. The molecule has 2 heterocycles. The first-order chi connectivity index (χ1) is 9.63. The maximum atomic E-state index is 4.21. The number of piperidine rings is 1. The molecule has 3 nitrogen and oxygen atoms in total. The van der Waals surface area contributed by atoms with Gasteiger partial charge in [0, 0.05) is 25.7 Å². The first-order valence-corrected chi connectivity index (χ1v) is 8.48. The van der Waals surface area contributed by atoms with Crippen molar-refractivity contribution in [2.45, 2.75) is 45.6 Å². The van der Waals surface area contributed by atoms with Crippen LogP contribution in [0.5, 0.6) is 0 Å². The van der Waals surface area contributed by atoms with Gasteiger partial charge in [-0.05, 0) is 63.4 Å². The molecule has 0 aromatic carbocycles. The normalized spacial score (nSPS) is 22.8. The van der Waals surface area contributed by atoms with E-state index in [2.05, 4.69) is 35.5 Å². The highest BCUT2D eigenvalue weighted by Crippen LogP contribution is 2.20. The van der Waals surface area contributed by atoms with Crippen molar-refractivity contribution >= 4 is 0 Å². The van der Waals surface area contributed by atoms with E-state index in [9.17, 15) is 0 Å². The summed E-state index contributed by atoms with van der Waals surface area (Å²) in [7, 11) is 0. The second-order valence-corrected chi connectivity index (χ2v) is 7.01. The summed E-state index contributed by atoms with van der Waals surface area (Å²) in [5.41, 5.74) is 1.33. The van der Waals surface area contributed by atoms with Crippen molar-refractivity contribution in [2.24, 2.45) is 5.92 Å². The number of likely N-dealkylation sites (tertiary alicyclic amines) is 2. The molecule has 20 heavy (non-hydrogen) atoms. The number of rotatable bonds is 7. The highest BCUT2D eigenvalue weighted by Gasteiger charge is 2.22. The molecule has 0 radical (unpaired) electrons. The summed E-state index contributed by atoms with van der Waals surface area (Å²) < 4.78 is 0. The van der Waals surface area contributed by atoms with E-state index in [0.29, 0.717) is 6.04 Å². The van der Waals surface area contributed by atoms with Gasteiger partial charge in [0.25, 0.3) is 0 Å². The van der Waals surface area contributed by atoms with Crippen LogP contribution in [-0.2, 0) is 0 Å². The monoisotopic (exact) mass is 279 g/mol. The predicted octanol–water partition coefficient (Wildman–Crippen LogP) is 2.35. The molecule has 0 aliphatic carbocycles. The highest BCUT2D eigenvalue weighted by molar-refractivity contribution is 5.00. The van der Waals surface area contributed by atoms with Gasteiger partial charge in [-0.15, -0.1) is 0 Å². The van der Waals surface area contributed by atoms with E-state index in [1.165, 1.54) is 64.0 Å². The van der Waals surface area contributed by atoms with Crippen molar-refractivity contribution in [3.8, 4) is 0 Å². The quantitative estimate of drug-likeness (QED) is 0.722. The summed E-state index contributed by atoms with van der Waals surface area (Å²) >= 11 is 0. The third-order valence-corrected chi connectivity index (χ3v) is 4.63. The lowest BCUT2D eigenvalue weighted by Gasteiger charge is -2.34. The second-order valence-electron chi connectivity index (χ2n) is 7.01. The first kappa shape index (κ1) is 16.0. The molecule has 2 fully saturated rings. The lowest BCUT2D eigenvalue weighted by molar-refractivity contribution is 0.162. The van der Waals surface area contributed by atoms with Crippen LogP contribution in [-0.4, -0.2) is 61.7 Å². The molecule has 3 heteroatoms. The van der Waals surface area contributed by atoms with Gasteiger partial charge in [-0.25, -0.2) is 0 Å². The molecule has 0 aromatic heterocycles. The molecule has 2 rings (SSSR count). The highest BCUT2D eigenvalue weighted by atomic mass is 15.2. The van der Waals surface area contributed by atoms with E-state index in [1.54, 1.807) is 0 Å². The van der Waals surface area contributed by atoms with E-state index in [-0.39, 0.29) is 0 Å². The van der Waals surface area contributed by atoms with E-state index in [1.807, 2.05) is 0 Å². The van der Waals surface area contributed by atoms with Crippen LogP contribution in [0.15, 0.2) is 12.2 Å². The third-order valence-electron chi connectivity index (χ3n) is 4.63. The van der Waals surface area contributed by atoms with Crippen molar-refractivity contribution in [3.05, 3.63) is 12.2 Å². The molecule has 2 saturated heterocycles. The first-order valence-electron chi connectivity index (χ1n) is 8.48. The Bertz CT molecular complexity index is 287. The standard InChI is InChI=1S/C17H33N3/c1-15(2)18-12-16(3)13-20-10-6-17(7-11-20)14-19-8-4-5-9-19/h15,17-18H,3-14H2,1-2H3. The van der Waals surface area contributed by atoms with Crippen LogP contribution in [0.3, 0.4) is 0 Å². The smallest absolute Gasteiger partial charge is 0.0202 e. The molecule has 2 aliphatic heterocycles. The molecular weight excluding hydrogens is 246 g/mol. The van der Waals surface area contributed by atoms with Gasteiger partial charge >= 0.3 is 0 Å². The Kier molecular flexibility index (Phi) is 6.53. The third kappa shape index (κ3) is 5.55.